The second-order valence-electron chi connectivity index (χ2n) is 7.96. The van der Waals surface area contributed by atoms with E-state index in [2.05, 4.69) is 30.6 Å². The quantitative estimate of drug-likeness (QED) is 0.371. The van der Waals surface area contributed by atoms with E-state index < -0.39 is 11.7 Å². The van der Waals surface area contributed by atoms with Crippen LogP contribution in [0.2, 0.25) is 0 Å². The molecule has 182 valence electrons. The number of carbonyl (C=O) groups excluding carboxylic acids is 2. The molecule has 0 atom stereocenters. The molecule has 2 amide bonds. The summed E-state index contributed by atoms with van der Waals surface area (Å²) in [5.41, 5.74) is 1.70. The van der Waals surface area contributed by atoms with E-state index in [0.717, 1.165) is 0 Å². The Labute approximate surface area is 204 Å². The molecule has 2 N–H and O–H groups in total. The summed E-state index contributed by atoms with van der Waals surface area (Å²) in [5.74, 6) is -0.350. The van der Waals surface area contributed by atoms with Gasteiger partial charge in [-0.15, -0.1) is 0 Å². The van der Waals surface area contributed by atoms with E-state index in [1.807, 2.05) is 6.92 Å². The third-order valence-electron chi connectivity index (χ3n) is 5.44. The molecule has 0 fully saturated rings. The molecule has 4 aromatic heterocycles. The number of carbonyl (C=O) groups is 2. The van der Waals surface area contributed by atoms with Gasteiger partial charge in [0.15, 0.2) is 11.7 Å². The first-order chi connectivity index (χ1) is 17.3. The van der Waals surface area contributed by atoms with E-state index in [4.69, 9.17) is 4.42 Å². The van der Waals surface area contributed by atoms with Crippen molar-refractivity contribution in [3.63, 3.8) is 0 Å². The molecule has 5 rings (SSSR count). The third-order valence-corrected chi connectivity index (χ3v) is 5.44. The lowest BCUT2D eigenvalue weighted by molar-refractivity contribution is 0.0991. The summed E-state index contributed by atoms with van der Waals surface area (Å²) >= 11 is 0. The van der Waals surface area contributed by atoms with Gasteiger partial charge in [-0.1, -0.05) is 0 Å². The number of aryl methyl sites for hydroxylation is 3. The van der Waals surface area contributed by atoms with Gasteiger partial charge in [0.05, 0.1) is 23.3 Å². The number of nitrogens with zero attached hydrogens (tertiary/aromatic N) is 6. The van der Waals surface area contributed by atoms with Crippen molar-refractivity contribution in [1.29, 1.82) is 0 Å². The summed E-state index contributed by atoms with van der Waals surface area (Å²) in [7, 11) is 0. The fourth-order valence-corrected chi connectivity index (χ4v) is 3.77. The van der Waals surface area contributed by atoms with Crippen molar-refractivity contribution in [3.8, 4) is 11.3 Å². The number of aromatic nitrogens is 6. The van der Waals surface area contributed by atoms with Gasteiger partial charge in [-0.25, -0.2) is 24.3 Å². The van der Waals surface area contributed by atoms with E-state index in [1.54, 1.807) is 47.6 Å². The van der Waals surface area contributed by atoms with Crippen LogP contribution in [0.5, 0.6) is 0 Å². The lowest BCUT2D eigenvalue weighted by Gasteiger charge is -2.06. The van der Waals surface area contributed by atoms with Gasteiger partial charge in [0.1, 0.15) is 5.82 Å². The molecule has 0 bridgehead atoms. The molecule has 0 radical (unpaired) electrons. The second kappa shape index (κ2) is 9.06. The minimum absolute atomic E-state index is 0.0892. The first-order valence-electron chi connectivity index (χ1n) is 11.0. The zero-order chi connectivity index (χ0) is 25.4. The van der Waals surface area contributed by atoms with Crippen LogP contribution in [0, 0.1) is 19.7 Å². The first-order valence-corrected chi connectivity index (χ1v) is 11.0. The van der Waals surface area contributed by atoms with Crippen LogP contribution < -0.4 is 10.6 Å². The monoisotopic (exact) mass is 488 g/mol. The average Bonchev–Trinajstić information content (AvgIpc) is 3.57. The maximum Gasteiger partial charge on any atom is 0.293 e. The third kappa shape index (κ3) is 4.31. The van der Waals surface area contributed by atoms with Crippen molar-refractivity contribution < 1.29 is 18.4 Å². The van der Waals surface area contributed by atoms with Gasteiger partial charge in [-0.05, 0) is 32.0 Å². The Bertz CT molecular complexity index is 1620. The molecule has 0 aliphatic rings. The van der Waals surface area contributed by atoms with E-state index in [1.165, 1.54) is 24.4 Å². The van der Waals surface area contributed by atoms with Crippen molar-refractivity contribution in [2.24, 2.45) is 0 Å². The van der Waals surface area contributed by atoms with Crippen LogP contribution in [0.4, 0.5) is 15.8 Å². The molecule has 0 aliphatic heterocycles. The highest BCUT2D eigenvalue weighted by molar-refractivity contribution is 6.03. The zero-order valence-corrected chi connectivity index (χ0v) is 19.6. The molecule has 4 heterocycles. The topological polar surface area (TPSA) is 132 Å². The van der Waals surface area contributed by atoms with Gasteiger partial charge in [0.2, 0.25) is 11.5 Å². The average molecular weight is 488 g/mol. The molecule has 0 unspecified atom stereocenters. The number of nitrogens with one attached hydrogen (secondary N) is 2. The Kier molecular flexibility index (Phi) is 5.76. The van der Waals surface area contributed by atoms with Crippen molar-refractivity contribution in [2.75, 3.05) is 10.6 Å². The fraction of sp³-hybridized carbons (Fsp3) is 0.167. The summed E-state index contributed by atoms with van der Waals surface area (Å²) in [6.07, 6.45) is 7.93. The number of amides is 2. The Morgan fingerprint density at radius 2 is 1.86 bits per heavy atom. The normalized spacial score (nSPS) is 11.1. The molecule has 0 aliphatic carbocycles. The van der Waals surface area contributed by atoms with Gasteiger partial charge in [0, 0.05) is 49.5 Å². The van der Waals surface area contributed by atoms with E-state index in [-0.39, 0.29) is 23.1 Å². The van der Waals surface area contributed by atoms with Gasteiger partial charge in [0.25, 0.3) is 11.8 Å². The van der Waals surface area contributed by atoms with E-state index in [9.17, 15) is 14.0 Å². The SMILES string of the molecule is CCn1ccnc1C(=O)Nc1cnc2nc(-c3cc(NC(=O)c4oc(C)nc4C)ccc3F)cn2c1. The lowest BCUT2D eigenvalue weighted by Crippen LogP contribution is -2.18. The highest BCUT2D eigenvalue weighted by Crippen LogP contribution is 2.26. The molecule has 12 heteroatoms. The van der Waals surface area contributed by atoms with Crippen LogP contribution in [-0.4, -0.2) is 40.7 Å². The number of hydrogen-bond donors (Lipinski definition) is 2. The predicted molar refractivity (Wildman–Crippen MR) is 128 cm³/mol. The van der Waals surface area contributed by atoms with Crippen LogP contribution in [0.15, 0.2) is 53.6 Å². The van der Waals surface area contributed by atoms with Crippen LogP contribution in [0.25, 0.3) is 17.0 Å². The zero-order valence-electron chi connectivity index (χ0n) is 19.6. The molecular formula is C24H21FN8O3. The number of hydrogen-bond acceptors (Lipinski definition) is 7. The van der Waals surface area contributed by atoms with Crippen molar-refractivity contribution in [3.05, 3.63) is 78.2 Å². The Morgan fingerprint density at radius 3 is 2.61 bits per heavy atom. The molecule has 0 saturated carbocycles. The van der Waals surface area contributed by atoms with Crippen molar-refractivity contribution in [2.45, 2.75) is 27.3 Å². The molecule has 1 aromatic carbocycles. The minimum Gasteiger partial charge on any atom is -0.436 e. The summed E-state index contributed by atoms with van der Waals surface area (Å²) in [6.45, 7) is 5.83. The molecule has 11 nitrogen and oxygen atoms in total. The number of fused-ring (bicyclic) bond motifs is 1. The maximum absolute atomic E-state index is 14.7. The first kappa shape index (κ1) is 22.9. The predicted octanol–water partition coefficient (Wildman–Crippen LogP) is 3.86. The number of halogens is 1. The highest BCUT2D eigenvalue weighted by Gasteiger charge is 2.18. The standard InChI is InChI=1S/C24H21FN8O3/c1-4-32-8-7-26-21(32)23(35)30-16-10-27-24-31-19(12-33(24)11-16)17-9-15(5-6-18(17)25)29-22(34)20-13(2)28-14(3)36-20/h5-12H,4H2,1-3H3,(H,29,34)(H,30,35). The summed E-state index contributed by atoms with van der Waals surface area (Å²) in [5, 5.41) is 5.45. The largest absolute Gasteiger partial charge is 0.436 e. The van der Waals surface area contributed by atoms with Crippen LogP contribution in [0.3, 0.4) is 0 Å². The Hall–Kier alpha value is -4.87. The van der Waals surface area contributed by atoms with Crippen LogP contribution >= 0.6 is 0 Å². The molecule has 0 saturated heterocycles. The molecule has 0 spiro atoms. The lowest BCUT2D eigenvalue weighted by atomic mass is 10.1. The van der Waals surface area contributed by atoms with E-state index in [0.29, 0.717) is 41.0 Å². The number of anilines is 2. The number of benzene rings is 1. The molecular weight excluding hydrogens is 467 g/mol. The van der Waals surface area contributed by atoms with Crippen molar-refractivity contribution >= 4 is 29.0 Å². The van der Waals surface area contributed by atoms with Crippen LogP contribution in [-0.2, 0) is 6.54 Å². The maximum atomic E-state index is 14.7. The minimum atomic E-state index is -0.525. The smallest absolute Gasteiger partial charge is 0.293 e. The number of rotatable bonds is 6. The summed E-state index contributed by atoms with van der Waals surface area (Å²) < 4.78 is 23.4. The van der Waals surface area contributed by atoms with Crippen molar-refractivity contribution in [1.82, 2.24) is 28.9 Å². The summed E-state index contributed by atoms with van der Waals surface area (Å²) in [4.78, 5) is 41.9. The van der Waals surface area contributed by atoms with Crippen LogP contribution in [0.1, 0.15) is 39.7 Å². The molecule has 36 heavy (non-hydrogen) atoms. The number of imidazole rings is 2. The van der Waals surface area contributed by atoms with Gasteiger partial charge in [-0.3, -0.25) is 14.0 Å². The Balaban J connectivity index is 1.40. The number of oxazole rings is 1. The highest BCUT2D eigenvalue weighted by atomic mass is 19.1. The second-order valence-corrected chi connectivity index (χ2v) is 7.96. The van der Waals surface area contributed by atoms with Gasteiger partial charge < -0.3 is 19.6 Å². The summed E-state index contributed by atoms with van der Waals surface area (Å²) in [6, 6.07) is 4.15. The fourth-order valence-electron chi connectivity index (χ4n) is 3.77. The van der Waals surface area contributed by atoms with Gasteiger partial charge in [-0.2, -0.15) is 0 Å². The van der Waals surface area contributed by atoms with Gasteiger partial charge >= 0.3 is 0 Å². The molecule has 5 aromatic rings. The Morgan fingerprint density at radius 1 is 1.06 bits per heavy atom. The van der Waals surface area contributed by atoms with E-state index >= 15 is 0 Å².